The minimum Gasteiger partial charge on any atom is -0.377 e. The normalized spacial score (nSPS) is 30.3. The molecule has 2 amide bonds. The van der Waals surface area contributed by atoms with Gasteiger partial charge in [0.05, 0.1) is 30.5 Å². The molecule has 4 rings (SSSR count). The average Bonchev–Trinajstić information content (AvgIpc) is 3.39. The summed E-state index contributed by atoms with van der Waals surface area (Å²) in [6.07, 6.45) is 5.34. The monoisotopic (exact) mass is 347 g/mol. The lowest BCUT2D eigenvalue weighted by molar-refractivity contribution is -0.149. The molecular weight excluding hydrogens is 325 g/mol. The summed E-state index contributed by atoms with van der Waals surface area (Å²) in [7, 11) is 0. The number of rotatable bonds is 3. The Morgan fingerprint density at radius 3 is 2.96 bits per heavy atom. The molecule has 0 spiro atoms. The fourth-order valence-corrected chi connectivity index (χ4v) is 3.78. The summed E-state index contributed by atoms with van der Waals surface area (Å²) in [5, 5.41) is 2.85. The highest BCUT2D eigenvalue weighted by atomic mass is 19.1. The highest BCUT2D eigenvalue weighted by molar-refractivity contribution is 5.92. The van der Waals surface area contributed by atoms with Crippen LogP contribution in [0.15, 0.2) is 24.5 Å². The summed E-state index contributed by atoms with van der Waals surface area (Å²) in [4.78, 5) is 30.3. The van der Waals surface area contributed by atoms with E-state index in [0.29, 0.717) is 51.1 Å². The predicted octanol–water partition coefficient (Wildman–Crippen LogP) is 1.78. The van der Waals surface area contributed by atoms with Gasteiger partial charge in [-0.15, -0.1) is 0 Å². The number of anilines is 1. The van der Waals surface area contributed by atoms with Crippen molar-refractivity contribution >= 4 is 17.5 Å². The number of carbonyl (C=O) groups excluding carboxylic acids is 2. The smallest absolute Gasteiger partial charge is 0.260 e. The molecule has 1 aromatic heterocycles. The average molecular weight is 347 g/mol. The summed E-state index contributed by atoms with van der Waals surface area (Å²) in [5.74, 6) is -0.665. The number of carbonyl (C=O) groups is 2. The molecular formula is C18H22FN3O3. The zero-order valence-electron chi connectivity index (χ0n) is 14.0. The molecule has 0 bridgehead atoms. The lowest BCUT2D eigenvalue weighted by Gasteiger charge is -2.43. The first kappa shape index (κ1) is 16.4. The van der Waals surface area contributed by atoms with E-state index in [0.717, 1.165) is 0 Å². The van der Waals surface area contributed by atoms with Crippen LogP contribution in [-0.2, 0) is 14.3 Å². The number of ether oxygens (including phenoxy) is 1. The maximum absolute atomic E-state index is 14.1. The number of aromatic nitrogens is 1. The number of nitrogens with one attached hydrogen (secondary N) is 1. The van der Waals surface area contributed by atoms with Gasteiger partial charge in [-0.05, 0) is 37.8 Å². The van der Waals surface area contributed by atoms with Crippen molar-refractivity contribution in [1.82, 2.24) is 9.88 Å². The van der Waals surface area contributed by atoms with Gasteiger partial charge < -0.3 is 15.0 Å². The molecule has 2 aliphatic heterocycles. The SMILES string of the molecule is O=C(Nc1cccnc1)[C@@H]1CO[C@@H]2CCN(C(=O)C3(F)CC3)C[C@@H]2C1. The molecule has 6 nitrogen and oxygen atoms in total. The fourth-order valence-electron chi connectivity index (χ4n) is 3.78. The molecule has 1 N–H and O–H groups in total. The van der Waals surface area contributed by atoms with Crippen molar-refractivity contribution in [3.05, 3.63) is 24.5 Å². The molecule has 3 atom stereocenters. The number of alkyl halides is 1. The summed E-state index contributed by atoms with van der Waals surface area (Å²) in [6, 6.07) is 3.55. The first-order chi connectivity index (χ1) is 12.0. The number of piperidine rings is 1. The Labute approximate surface area is 145 Å². The lowest BCUT2D eigenvalue weighted by Crippen LogP contribution is -2.53. The second kappa shape index (κ2) is 6.37. The van der Waals surface area contributed by atoms with Crippen LogP contribution in [0.3, 0.4) is 0 Å². The maximum Gasteiger partial charge on any atom is 0.260 e. The minimum absolute atomic E-state index is 0.0567. The van der Waals surface area contributed by atoms with Crippen LogP contribution in [0.5, 0.6) is 0 Å². The van der Waals surface area contributed by atoms with Crippen molar-refractivity contribution in [3.63, 3.8) is 0 Å². The molecule has 1 aromatic rings. The van der Waals surface area contributed by atoms with Crippen LogP contribution in [0.4, 0.5) is 10.1 Å². The van der Waals surface area contributed by atoms with Crippen LogP contribution in [0.25, 0.3) is 0 Å². The van der Waals surface area contributed by atoms with Crippen LogP contribution in [0.2, 0.25) is 0 Å². The first-order valence-corrected chi connectivity index (χ1v) is 8.86. The Balaban J connectivity index is 1.37. The predicted molar refractivity (Wildman–Crippen MR) is 88.5 cm³/mol. The molecule has 3 aliphatic rings. The zero-order valence-corrected chi connectivity index (χ0v) is 14.0. The number of nitrogens with zero attached hydrogens (tertiary/aromatic N) is 2. The van der Waals surface area contributed by atoms with Gasteiger partial charge in [-0.3, -0.25) is 14.6 Å². The van der Waals surface area contributed by atoms with Crippen LogP contribution in [0, 0.1) is 11.8 Å². The van der Waals surface area contributed by atoms with Crippen molar-refractivity contribution in [3.8, 4) is 0 Å². The summed E-state index contributed by atoms with van der Waals surface area (Å²) in [6.45, 7) is 1.40. The second-order valence-electron chi connectivity index (χ2n) is 7.30. The summed E-state index contributed by atoms with van der Waals surface area (Å²) in [5.41, 5.74) is -0.970. The van der Waals surface area contributed by atoms with E-state index < -0.39 is 5.67 Å². The third-order valence-electron chi connectivity index (χ3n) is 5.42. The molecule has 1 aliphatic carbocycles. The topological polar surface area (TPSA) is 71.5 Å². The fraction of sp³-hybridized carbons (Fsp3) is 0.611. The van der Waals surface area contributed by atoms with E-state index in [2.05, 4.69) is 10.3 Å². The van der Waals surface area contributed by atoms with Crippen LogP contribution in [0.1, 0.15) is 25.7 Å². The van der Waals surface area contributed by atoms with Crippen molar-refractivity contribution < 1.29 is 18.7 Å². The minimum atomic E-state index is -1.63. The van der Waals surface area contributed by atoms with Crippen LogP contribution < -0.4 is 5.32 Å². The molecule has 0 aromatic carbocycles. The third-order valence-corrected chi connectivity index (χ3v) is 5.42. The van der Waals surface area contributed by atoms with E-state index >= 15 is 0 Å². The molecule has 3 heterocycles. The number of halogens is 1. The summed E-state index contributed by atoms with van der Waals surface area (Å²) >= 11 is 0. The zero-order chi connectivity index (χ0) is 17.4. The van der Waals surface area contributed by atoms with E-state index in [1.165, 1.54) is 0 Å². The number of hydrogen-bond acceptors (Lipinski definition) is 4. The number of pyridine rings is 1. The Morgan fingerprint density at radius 1 is 1.40 bits per heavy atom. The first-order valence-electron chi connectivity index (χ1n) is 8.86. The Hall–Kier alpha value is -2.02. The molecule has 0 unspecified atom stereocenters. The van der Waals surface area contributed by atoms with E-state index in [9.17, 15) is 14.0 Å². The van der Waals surface area contributed by atoms with Crippen LogP contribution in [-0.4, -0.2) is 53.2 Å². The number of amides is 2. The van der Waals surface area contributed by atoms with Crippen molar-refractivity contribution in [2.24, 2.45) is 11.8 Å². The quantitative estimate of drug-likeness (QED) is 0.905. The van der Waals surface area contributed by atoms with Gasteiger partial charge in [0.1, 0.15) is 0 Å². The molecule has 0 radical (unpaired) electrons. The Kier molecular flexibility index (Phi) is 4.19. The number of fused-ring (bicyclic) bond motifs is 1. The van der Waals surface area contributed by atoms with E-state index in [1.54, 1.807) is 29.4 Å². The Bertz CT molecular complexity index is 665. The third kappa shape index (κ3) is 3.38. The van der Waals surface area contributed by atoms with Gasteiger partial charge in [0.2, 0.25) is 5.91 Å². The molecule has 25 heavy (non-hydrogen) atoms. The largest absolute Gasteiger partial charge is 0.377 e. The van der Waals surface area contributed by atoms with Gasteiger partial charge in [-0.2, -0.15) is 0 Å². The standard InChI is InChI=1S/C18H22FN3O3/c19-18(4-5-18)17(24)22-7-3-15-12(10-22)8-13(11-25-15)16(23)21-14-2-1-6-20-9-14/h1-2,6,9,12-13,15H,3-5,7-8,10-11H2,(H,21,23)/t12-,13-,15+/m0/s1. The van der Waals surface area contributed by atoms with E-state index in [4.69, 9.17) is 4.74 Å². The number of likely N-dealkylation sites (tertiary alicyclic amines) is 1. The van der Waals surface area contributed by atoms with Crippen molar-refractivity contribution in [2.45, 2.75) is 37.5 Å². The molecule has 134 valence electrons. The highest BCUT2D eigenvalue weighted by Gasteiger charge is 2.54. The van der Waals surface area contributed by atoms with Gasteiger partial charge in [-0.1, -0.05) is 0 Å². The highest BCUT2D eigenvalue weighted by Crippen LogP contribution is 2.43. The van der Waals surface area contributed by atoms with Crippen molar-refractivity contribution in [1.29, 1.82) is 0 Å². The molecule has 2 saturated heterocycles. The molecule has 1 saturated carbocycles. The number of hydrogen-bond donors (Lipinski definition) is 1. The van der Waals surface area contributed by atoms with Gasteiger partial charge in [0, 0.05) is 25.2 Å². The van der Waals surface area contributed by atoms with Crippen molar-refractivity contribution in [2.75, 3.05) is 25.0 Å². The van der Waals surface area contributed by atoms with Gasteiger partial charge >= 0.3 is 0 Å². The van der Waals surface area contributed by atoms with E-state index in [-0.39, 0.29) is 29.8 Å². The van der Waals surface area contributed by atoms with Gasteiger partial charge in [0.25, 0.3) is 5.91 Å². The summed E-state index contributed by atoms with van der Waals surface area (Å²) < 4.78 is 19.9. The Morgan fingerprint density at radius 2 is 2.24 bits per heavy atom. The van der Waals surface area contributed by atoms with E-state index in [1.807, 2.05) is 0 Å². The molecule has 3 fully saturated rings. The van der Waals surface area contributed by atoms with Gasteiger partial charge in [0.15, 0.2) is 5.67 Å². The van der Waals surface area contributed by atoms with Gasteiger partial charge in [-0.25, -0.2) is 4.39 Å². The second-order valence-corrected chi connectivity index (χ2v) is 7.30. The molecule has 7 heteroatoms. The maximum atomic E-state index is 14.1. The lowest BCUT2D eigenvalue weighted by atomic mass is 9.83. The van der Waals surface area contributed by atoms with Crippen LogP contribution >= 0.6 is 0 Å².